The summed E-state index contributed by atoms with van der Waals surface area (Å²) in [6.45, 7) is -0.422. The number of nitrogens with zero attached hydrogens (tertiary/aromatic N) is 3. The van der Waals surface area contributed by atoms with Crippen LogP contribution in [0.2, 0.25) is 0 Å². The smallest absolute Gasteiger partial charge is 0.341 e. The fourth-order valence-electron chi connectivity index (χ4n) is 3.50. The van der Waals surface area contributed by atoms with Gasteiger partial charge in [0.15, 0.2) is 18.5 Å². The molecule has 8 nitrogen and oxygen atoms in total. The van der Waals surface area contributed by atoms with Gasteiger partial charge in [0.05, 0.1) is 0 Å². The number of para-hydroxylation sites is 1. The number of aliphatic carboxylic acids is 1. The SMILES string of the molecule is O=C(O)COc1ccc([C@H]2Nc3ccccc3-c3nnc(SCc4ccccc4F)nc3O2)cc1. The Bertz CT molecular complexity index is 1370. The van der Waals surface area contributed by atoms with Gasteiger partial charge in [-0.2, -0.15) is 4.98 Å². The highest BCUT2D eigenvalue weighted by atomic mass is 32.2. The predicted molar refractivity (Wildman–Crippen MR) is 128 cm³/mol. The molecule has 1 atom stereocenters. The van der Waals surface area contributed by atoms with E-state index in [1.54, 1.807) is 42.5 Å². The third-order valence-electron chi connectivity index (χ3n) is 5.19. The summed E-state index contributed by atoms with van der Waals surface area (Å²) in [5, 5.41) is 21.1. The number of fused-ring (bicyclic) bond motifs is 3. The topological polar surface area (TPSA) is 106 Å². The lowest BCUT2D eigenvalue weighted by atomic mass is 10.1. The molecule has 0 amide bonds. The van der Waals surface area contributed by atoms with Crippen LogP contribution in [0.4, 0.5) is 10.1 Å². The van der Waals surface area contributed by atoms with Crippen LogP contribution in [0.15, 0.2) is 78.0 Å². The van der Waals surface area contributed by atoms with E-state index < -0.39 is 18.8 Å². The molecule has 0 aliphatic carbocycles. The Labute approximate surface area is 204 Å². The molecule has 0 unspecified atom stereocenters. The summed E-state index contributed by atoms with van der Waals surface area (Å²) < 4.78 is 25.4. The largest absolute Gasteiger partial charge is 0.482 e. The highest BCUT2D eigenvalue weighted by molar-refractivity contribution is 7.98. The van der Waals surface area contributed by atoms with Crippen molar-refractivity contribution in [1.82, 2.24) is 15.2 Å². The van der Waals surface area contributed by atoms with Gasteiger partial charge in [-0.15, -0.1) is 10.2 Å². The van der Waals surface area contributed by atoms with Crippen molar-refractivity contribution < 1.29 is 23.8 Å². The number of nitrogens with one attached hydrogen (secondary N) is 1. The quantitative estimate of drug-likeness (QED) is 0.349. The van der Waals surface area contributed by atoms with Gasteiger partial charge in [-0.3, -0.25) is 0 Å². The van der Waals surface area contributed by atoms with Crippen molar-refractivity contribution in [2.45, 2.75) is 17.1 Å². The Morgan fingerprint density at radius 2 is 1.83 bits per heavy atom. The molecule has 176 valence electrons. The van der Waals surface area contributed by atoms with E-state index in [0.29, 0.717) is 33.8 Å². The normalized spacial score (nSPS) is 14.0. The van der Waals surface area contributed by atoms with Gasteiger partial charge >= 0.3 is 5.97 Å². The first-order valence-corrected chi connectivity index (χ1v) is 11.6. The number of carboxylic acids is 1. The van der Waals surface area contributed by atoms with Crippen LogP contribution in [0.3, 0.4) is 0 Å². The summed E-state index contributed by atoms with van der Waals surface area (Å²) in [5.74, 6) is -0.255. The maximum atomic E-state index is 14.0. The molecule has 0 radical (unpaired) electrons. The fourth-order valence-corrected chi connectivity index (χ4v) is 4.27. The van der Waals surface area contributed by atoms with Gasteiger partial charge in [0, 0.05) is 22.6 Å². The molecular formula is C25H19FN4O4S. The molecule has 10 heteroatoms. The monoisotopic (exact) mass is 490 g/mol. The van der Waals surface area contributed by atoms with Crippen molar-refractivity contribution in [2.24, 2.45) is 0 Å². The van der Waals surface area contributed by atoms with Gasteiger partial charge in [0.25, 0.3) is 0 Å². The average molecular weight is 491 g/mol. The number of benzene rings is 3. The number of ether oxygens (including phenoxy) is 2. The second-order valence-corrected chi connectivity index (χ2v) is 8.51. The molecule has 1 aliphatic rings. The van der Waals surface area contributed by atoms with Crippen molar-refractivity contribution in [3.63, 3.8) is 0 Å². The number of carbonyl (C=O) groups is 1. The Morgan fingerprint density at radius 3 is 2.63 bits per heavy atom. The van der Waals surface area contributed by atoms with Crippen molar-refractivity contribution >= 4 is 23.4 Å². The van der Waals surface area contributed by atoms with E-state index in [-0.39, 0.29) is 5.82 Å². The second-order valence-electron chi connectivity index (χ2n) is 7.57. The first-order valence-electron chi connectivity index (χ1n) is 10.6. The standard InChI is InChI=1S/C25H19FN4O4S/c26-19-7-3-1-5-16(19)14-35-25-28-24-22(29-30-25)18-6-2-4-8-20(18)27-23(34-24)15-9-11-17(12-10-15)33-13-21(31)32/h1-12,23,27H,13-14H2,(H,31,32)/t23-/m0/s1. The first kappa shape index (κ1) is 22.6. The van der Waals surface area contributed by atoms with Gasteiger partial charge in [-0.1, -0.05) is 48.2 Å². The van der Waals surface area contributed by atoms with Gasteiger partial charge in [0.2, 0.25) is 11.0 Å². The number of thioether (sulfide) groups is 1. The van der Waals surface area contributed by atoms with Gasteiger partial charge in [0.1, 0.15) is 11.6 Å². The molecule has 0 spiro atoms. The van der Waals surface area contributed by atoms with Gasteiger partial charge in [-0.05, 0) is 42.0 Å². The minimum absolute atomic E-state index is 0.284. The fraction of sp³-hybridized carbons (Fsp3) is 0.120. The third kappa shape index (κ3) is 5.17. The van der Waals surface area contributed by atoms with Crippen LogP contribution < -0.4 is 14.8 Å². The zero-order valence-corrected chi connectivity index (χ0v) is 19.0. The minimum Gasteiger partial charge on any atom is -0.482 e. The first-order chi connectivity index (χ1) is 17.1. The number of anilines is 1. The van der Waals surface area contributed by atoms with E-state index in [0.717, 1.165) is 16.8 Å². The molecule has 4 aromatic rings. The van der Waals surface area contributed by atoms with E-state index in [9.17, 15) is 9.18 Å². The molecule has 0 saturated heterocycles. The zero-order valence-electron chi connectivity index (χ0n) is 18.2. The number of hydrogen-bond acceptors (Lipinski definition) is 8. The van der Waals surface area contributed by atoms with E-state index in [4.69, 9.17) is 14.6 Å². The van der Waals surface area contributed by atoms with Crippen molar-refractivity contribution in [3.8, 4) is 22.9 Å². The van der Waals surface area contributed by atoms with Crippen LogP contribution in [0.1, 0.15) is 17.4 Å². The lowest BCUT2D eigenvalue weighted by molar-refractivity contribution is -0.139. The number of carboxylic acid groups (broad SMARTS) is 1. The van der Waals surface area contributed by atoms with Gasteiger partial charge < -0.3 is 19.9 Å². The molecule has 0 bridgehead atoms. The van der Waals surface area contributed by atoms with Crippen molar-refractivity contribution in [2.75, 3.05) is 11.9 Å². The molecular weight excluding hydrogens is 471 g/mol. The summed E-state index contributed by atoms with van der Waals surface area (Å²) in [6, 6.07) is 21.1. The Morgan fingerprint density at radius 1 is 1.06 bits per heavy atom. The van der Waals surface area contributed by atoms with Crippen molar-refractivity contribution in [3.05, 3.63) is 89.7 Å². The van der Waals surface area contributed by atoms with Gasteiger partial charge in [-0.25, -0.2) is 9.18 Å². The molecule has 0 saturated carbocycles. The molecule has 3 aromatic carbocycles. The summed E-state index contributed by atoms with van der Waals surface area (Å²) in [5.41, 5.74) is 3.40. The lowest BCUT2D eigenvalue weighted by Crippen LogP contribution is -2.17. The number of halogens is 1. The molecule has 5 rings (SSSR count). The van der Waals surface area contributed by atoms with Crippen LogP contribution in [0.25, 0.3) is 11.3 Å². The highest BCUT2D eigenvalue weighted by Crippen LogP contribution is 2.39. The third-order valence-corrected chi connectivity index (χ3v) is 6.08. The van der Waals surface area contributed by atoms with E-state index in [1.807, 2.05) is 24.3 Å². The maximum Gasteiger partial charge on any atom is 0.341 e. The average Bonchev–Trinajstić information content (AvgIpc) is 3.04. The predicted octanol–water partition coefficient (Wildman–Crippen LogP) is 4.94. The molecule has 1 aromatic heterocycles. The number of hydrogen-bond donors (Lipinski definition) is 2. The van der Waals surface area contributed by atoms with Crippen molar-refractivity contribution in [1.29, 1.82) is 0 Å². The lowest BCUT2D eigenvalue weighted by Gasteiger charge is -2.19. The zero-order chi connectivity index (χ0) is 24.2. The Kier molecular flexibility index (Phi) is 6.44. The van der Waals surface area contributed by atoms with E-state index in [2.05, 4.69) is 20.5 Å². The molecule has 2 heterocycles. The number of rotatable bonds is 7. The maximum absolute atomic E-state index is 14.0. The summed E-state index contributed by atoms with van der Waals surface area (Å²) in [4.78, 5) is 15.3. The minimum atomic E-state index is -1.05. The van der Waals surface area contributed by atoms with E-state index >= 15 is 0 Å². The van der Waals surface area contributed by atoms with Crippen LogP contribution in [-0.2, 0) is 10.5 Å². The van der Waals surface area contributed by atoms with Crippen LogP contribution in [0, 0.1) is 5.82 Å². The van der Waals surface area contributed by atoms with E-state index in [1.165, 1.54) is 17.8 Å². The van der Waals surface area contributed by atoms with Crippen LogP contribution >= 0.6 is 11.8 Å². The summed E-state index contributed by atoms with van der Waals surface area (Å²) in [6.07, 6.45) is -0.605. The van der Waals surface area contributed by atoms with Crippen LogP contribution in [0.5, 0.6) is 11.6 Å². The molecule has 1 aliphatic heterocycles. The van der Waals surface area contributed by atoms with Crippen LogP contribution in [-0.4, -0.2) is 32.9 Å². The molecule has 35 heavy (non-hydrogen) atoms. The second kappa shape index (κ2) is 9.98. The summed E-state index contributed by atoms with van der Waals surface area (Å²) >= 11 is 1.27. The number of aromatic nitrogens is 3. The Hall–Kier alpha value is -4.18. The molecule has 0 fully saturated rings. The molecule has 2 N–H and O–H groups in total. The highest BCUT2D eigenvalue weighted by Gasteiger charge is 2.26. The summed E-state index contributed by atoms with van der Waals surface area (Å²) in [7, 11) is 0. The Balaban J connectivity index is 1.42.